The number of Topliss-reactive ketones (excluding diaryl/α,β-unsaturated/α-hetero) is 1. The summed E-state index contributed by atoms with van der Waals surface area (Å²) in [4.78, 5) is 22.1. The standard InChI is InChI=1S/C8H6BNO4/c11-7-5-2-1-4(9(13)14)3-6(5)10-8(7)12/h1-3,13-14H,(H,10,11,12). The number of carbonyl (C=O) groups excluding carboxylic acids is 2. The minimum Gasteiger partial charge on any atom is -0.423 e. The highest BCUT2D eigenvalue weighted by atomic mass is 16.4. The second kappa shape index (κ2) is 2.93. The first-order valence-electron chi connectivity index (χ1n) is 3.95. The van der Waals surface area contributed by atoms with E-state index in [0.29, 0.717) is 5.69 Å². The topological polar surface area (TPSA) is 86.6 Å². The molecule has 2 rings (SSSR count). The summed E-state index contributed by atoms with van der Waals surface area (Å²) in [5.74, 6) is -1.29. The molecule has 70 valence electrons. The predicted octanol–water partition coefficient (Wildman–Crippen LogP) is -1.50. The van der Waals surface area contributed by atoms with Gasteiger partial charge in [-0.25, -0.2) is 0 Å². The Morgan fingerprint density at radius 1 is 1.21 bits per heavy atom. The minimum atomic E-state index is -1.60. The molecule has 3 N–H and O–H groups in total. The van der Waals surface area contributed by atoms with Gasteiger partial charge < -0.3 is 15.4 Å². The quantitative estimate of drug-likeness (QED) is 0.372. The first-order chi connectivity index (χ1) is 6.59. The molecular formula is C8H6BNO4. The lowest BCUT2D eigenvalue weighted by atomic mass is 9.79. The molecule has 0 aliphatic carbocycles. The molecule has 5 nitrogen and oxygen atoms in total. The zero-order valence-corrected chi connectivity index (χ0v) is 7.02. The fourth-order valence-corrected chi connectivity index (χ4v) is 1.33. The summed E-state index contributed by atoms with van der Waals surface area (Å²) < 4.78 is 0. The molecule has 0 atom stereocenters. The second-order valence-electron chi connectivity index (χ2n) is 2.96. The van der Waals surface area contributed by atoms with Crippen molar-refractivity contribution < 1.29 is 19.6 Å². The Bertz CT molecular complexity index is 429. The summed E-state index contributed by atoms with van der Waals surface area (Å²) in [5.41, 5.74) is 0.823. The van der Waals surface area contributed by atoms with E-state index in [9.17, 15) is 9.59 Å². The van der Waals surface area contributed by atoms with E-state index in [4.69, 9.17) is 10.0 Å². The van der Waals surface area contributed by atoms with Gasteiger partial charge in [-0.2, -0.15) is 0 Å². The number of carbonyl (C=O) groups is 2. The van der Waals surface area contributed by atoms with Gasteiger partial charge in [0.2, 0.25) is 0 Å². The number of rotatable bonds is 1. The van der Waals surface area contributed by atoms with Gasteiger partial charge >= 0.3 is 7.12 Å². The third-order valence-electron chi connectivity index (χ3n) is 2.04. The molecule has 6 heteroatoms. The third-order valence-corrected chi connectivity index (χ3v) is 2.04. The lowest BCUT2D eigenvalue weighted by Gasteiger charge is -2.01. The molecule has 1 heterocycles. The number of hydrogen-bond acceptors (Lipinski definition) is 4. The highest BCUT2D eigenvalue weighted by Gasteiger charge is 2.28. The maximum absolute atomic E-state index is 11.1. The molecule has 1 aromatic rings. The molecule has 0 radical (unpaired) electrons. The zero-order valence-electron chi connectivity index (χ0n) is 7.02. The molecule has 0 unspecified atom stereocenters. The van der Waals surface area contributed by atoms with E-state index in [0.717, 1.165) is 0 Å². The summed E-state index contributed by atoms with van der Waals surface area (Å²) in [6.45, 7) is 0. The molecule has 1 aliphatic heterocycles. The number of fused-ring (bicyclic) bond motifs is 1. The second-order valence-corrected chi connectivity index (χ2v) is 2.96. The van der Waals surface area contributed by atoms with E-state index < -0.39 is 18.8 Å². The van der Waals surface area contributed by atoms with Gasteiger partial charge in [-0.1, -0.05) is 6.07 Å². The van der Waals surface area contributed by atoms with Crippen molar-refractivity contribution in [3.05, 3.63) is 23.8 Å². The molecule has 1 aromatic carbocycles. The Hall–Kier alpha value is -1.66. The average molecular weight is 191 g/mol. The SMILES string of the molecule is O=C1Nc2cc(B(O)O)ccc2C1=O. The van der Waals surface area contributed by atoms with Crippen LogP contribution in [0.4, 0.5) is 5.69 Å². The first-order valence-corrected chi connectivity index (χ1v) is 3.95. The van der Waals surface area contributed by atoms with Crippen molar-refractivity contribution in [2.75, 3.05) is 5.32 Å². The number of nitrogens with one attached hydrogen (secondary N) is 1. The van der Waals surface area contributed by atoms with E-state index in [1.165, 1.54) is 18.2 Å². The smallest absolute Gasteiger partial charge is 0.423 e. The van der Waals surface area contributed by atoms with Gasteiger partial charge in [0, 0.05) is 0 Å². The lowest BCUT2D eigenvalue weighted by molar-refractivity contribution is -0.112. The maximum atomic E-state index is 11.1. The van der Waals surface area contributed by atoms with Crippen LogP contribution < -0.4 is 10.8 Å². The van der Waals surface area contributed by atoms with Crippen LogP contribution in [0.15, 0.2) is 18.2 Å². The Kier molecular flexibility index (Phi) is 1.87. The summed E-state index contributed by atoms with van der Waals surface area (Å²) in [5, 5.41) is 20.0. The van der Waals surface area contributed by atoms with Gasteiger partial charge in [-0.05, 0) is 17.6 Å². The van der Waals surface area contributed by atoms with Crippen molar-refractivity contribution in [2.24, 2.45) is 0 Å². The molecule has 0 fully saturated rings. The Labute approximate surface area is 79.5 Å². The minimum absolute atomic E-state index is 0.235. The molecule has 1 aliphatic rings. The normalized spacial score (nSPS) is 13.9. The van der Waals surface area contributed by atoms with Gasteiger partial charge in [0.15, 0.2) is 0 Å². The summed E-state index contributed by atoms with van der Waals surface area (Å²) in [6, 6.07) is 4.15. The Balaban J connectivity index is 2.49. The summed E-state index contributed by atoms with van der Waals surface area (Å²) in [6.07, 6.45) is 0. The molecule has 0 bridgehead atoms. The number of anilines is 1. The van der Waals surface area contributed by atoms with Crippen LogP contribution in [-0.4, -0.2) is 28.9 Å². The fourth-order valence-electron chi connectivity index (χ4n) is 1.33. The van der Waals surface area contributed by atoms with Crippen LogP contribution in [0.3, 0.4) is 0 Å². The van der Waals surface area contributed by atoms with Crippen molar-refractivity contribution in [1.29, 1.82) is 0 Å². The van der Waals surface area contributed by atoms with Crippen LogP contribution in [0.25, 0.3) is 0 Å². The first kappa shape index (κ1) is 8.92. The van der Waals surface area contributed by atoms with Crippen LogP contribution >= 0.6 is 0 Å². The average Bonchev–Trinajstić information content (AvgIpc) is 2.42. The van der Waals surface area contributed by atoms with Gasteiger partial charge in [-0.15, -0.1) is 0 Å². The highest BCUT2D eigenvalue weighted by Crippen LogP contribution is 2.20. The van der Waals surface area contributed by atoms with Crippen LogP contribution in [0.1, 0.15) is 10.4 Å². The lowest BCUT2D eigenvalue weighted by Crippen LogP contribution is -2.29. The highest BCUT2D eigenvalue weighted by molar-refractivity contribution is 6.59. The monoisotopic (exact) mass is 191 g/mol. The fraction of sp³-hybridized carbons (Fsp3) is 0. The van der Waals surface area contributed by atoms with E-state index in [1.54, 1.807) is 0 Å². The molecule has 0 aromatic heterocycles. The van der Waals surface area contributed by atoms with Crippen LogP contribution in [0, 0.1) is 0 Å². The van der Waals surface area contributed by atoms with Crippen LogP contribution in [0.2, 0.25) is 0 Å². The van der Waals surface area contributed by atoms with E-state index >= 15 is 0 Å². The number of amides is 1. The maximum Gasteiger partial charge on any atom is 0.488 e. The number of ketones is 1. The van der Waals surface area contributed by atoms with Crippen molar-refractivity contribution in [2.45, 2.75) is 0 Å². The molecule has 1 amide bonds. The number of benzene rings is 1. The van der Waals surface area contributed by atoms with Crippen molar-refractivity contribution in [3.8, 4) is 0 Å². The largest absolute Gasteiger partial charge is 0.488 e. The molecule has 0 spiro atoms. The molecule has 0 saturated heterocycles. The molecule has 0 saturated carbocycles. The Morgan fingerprint density at radius 2 is 1.93 bits per heavy atom. The van der Waals surface area contributed by atoms with E-state index in [2.05, 4.69) is 5.32 Å². The summed E-state index contributed by atoms with van der Waals surface area (Å²) >= 11 is 0. The van der Waals surface area contributed by atoms with Crippen LogP contribution in [-0.2, 0) is 4.79 Å². The Morgan fingerprint density at radius 3 is 2.57 bits per heavy atom. The predicted molar refractivity (Wildman–Crippen MR) is 49.2 cm³/mol. The van der Waals surface area contributed by atoms with Crippen molar-refractivity contribution >= 4 is 30.0 Å². The van der Waals surface area contributed by atoms with E-state index in [1.807, 2.05) is 0 Å². The van der Waals surface area contributed by atoms with E-state index in [-0.39, 0.29) is 11.0 Å². The van der Waals surface area contributed by atoms with Gasteiger partial charge in [0.05, 0.1) is 11.3 Å². The van der Waals surface area contributed by atoms with Gasteiger partial charge in [0.25, 0.3) is 11.7 Å². The van der Waals surface area contributed by atoms with Crippen LogP contribution in [0.5, 0.6) is 0 Å². The van der Waals surface area contributed by atoms with Gasteiger partial charge in [-0.3, -0.25) is 9.59 Å². The van der Waals surface area contributed by atoms with Gasteiger partial charge in [0.1, 0.15) is 0 Å². The van der Waals surface area contributed by atoms with Crippen molar-refractivity contribution in [1.82, 2.24) is 0 Å². The third kappa shape index (κ3) is 1.21. The molecule has 14 heavy (non-hydrogen) atoms. The number of hydrogen-bond donors (Lipinski definition) is 3. The molecular weight excluding hydrogens is 185 g/mol. The van der Waals surface area contributed by atoms with Crippen molar-refractivity contribution in [3.63, 3.8) is 0 Å². The zero-order chi connectivity index (χ0) is 10.3. The summed E-state index contributed by atoms with van der Waals surface area (Å²) in [7, 11) is -1.60.